The molecule has 17 heavy (non-hydrogen) atoms. The fourth-order valence-corrected chi connectivity index (χ4v) is 0.785. The number of amides is 2. The minimum absolute atomic E-state index is 0. The van der Waals surface area contributed by atoms with Crippen molar-refractivity contribution < 1.29 is 29.4 Å². The Kier molecular flexibility index (Phi) is 10.2. The van der Waals surface area contributed by atoms with Crippen molar-refractivity contribution in [3.63, 3.8) is 0 Å². The summed E-state index contributed by atoms with van der Waals surface area (Å²) in [5, 5.41) is 15.7. The second-order valence-electron chi connectivity index (χ2n) is 2.64. The van der Waals surface area contributed by atoms with E-state index >= 15 is 0 Å². The van der Waals surface area contributed by atoms with Gasteiger partial charge in [0.1, 0.15) is 0 Å². The van der Waals surface area contributed by atoms with Crippen LogP contribution in [0.3, 0.4) is 0 Å². The molecular weight excluding hydrogens is 246 g/mol. The Hall–Kier alpha value is -1.51. The number of aliphatic hydroxyl groups is 2. The zero-order valence-electron chi connectivity index (χ0n) is 9.09. The standard InChI is InChI=1S/C7H7NO4.C2H6O2.Si/c1-2-7(11)12-8-5(9)3-4-6(8)10;3-1-2-4;/h2H,1,3-4H2;3-4H,1-2H2;. The first-order valence-electron chi connectivity index (χ1n) is 4.48. The molecule has 0 bridgehead atoms. The van der Waals surface area contributed by atoms with Gasteiger partial charge in [-0.05, 0) is 0 Å². The Balaban J connectivity index is 0. The molecule has 0 aliphatic carbocycles. The Labute approximate surface area is 103 Å². The van der Waals surface area contributed by atoms with Crippen LogP contribution in [0.2, 0.25) is 0 Å². The van der Waals surface area contributed by atoms with Gasteiger partial charge in [0.25, 0.3) is 11.8 Å². The predicted molar refractivity (Wildman–Crippen MR) is 57.3 cm³/mol. The molecule has 2 amide bonds. The summed E-state index contributed by atoms with van der Waals surface area (Å²) in [5.74, 6) is -1.79. The van der Waals surface area contributed by atoms with E-state index in [1.807, 2.05) is 0 Å². The first-order chi connectivity index (χ1) is 7.56. The van der Waals surface area contributed by atoms with Crippen LogP contribution < -0.4 is 0 Å². The molecule has 0 unspecified atom stereocenters. The number of nitrogens with zero attached hydrogens (tertiary/aromatic N) is 1. The third-order valence-electron chi connectivity index (χ3n) is 1.45. The van der Waals surface area contributed by atoms with Gasteiger partial charge >= 0.3 is 5.97 Å². The van der Waals surface area contributed by atoms with E-state index in [1.165, 1.54) is 0 Å². The monoisotopic (exact) mass is 259 g/mol. The molecule has 1 heterocycles. The van der Waals surface area contributed by atoms with Gasteiger partial charge in [-0.3, -0.25) is 9.59 Å². The molecule has 7 nitrogen and oxygen atoms in total. The Bertz CT molecular complexity index is 275. The van der Waals surface area contributed by atoms with Crippen molar-refractivity contribution in [2.45, 2.75) is 12.8 Å². The normalized spacial score (nSPS) is 13.4. The fourth-order valence-electron chi connectivity index (χ4n) is 0.785. The molecule has 4 radical (unpaired) electrons. The number of carbonyl (C=O) groups is 3. The van der Waals surface area contributed by atoms with E-state index in [0.29, 0.717) is 5.06 Å². The average molecular weight is 259 g/mol. The lowest BCUT2D eigenvalue weighted by Crippen LogP contribution is -2.31. The van der Waals surface area contributed by atoms with Gasteiger partial charge < -0.3 is 15.1 Å². The summed E-state index contributed by atoms with van der Waals surface area (Å²) in [6.07, 6.45) is 1.09. The van der Waals surface area contributed by atoms with Crippen molar-refractivity contribution in [1.82, 2.24) is 5.06 Å². The molecule has 0 saturated carbocycles. The molecule has 0 atom stereocenters. The SMILES string of the molecule is C=CC(=O)ON1C(=O)CCC1=O.OCCO.[Si]. The van der Waals surface area contributed by atoms with Crippen molar-refractivity contribution in [3.8, 4) is 0 Å². The van der Waals surface area contributed by atoms with Crippen LogP contribution in [0.25, 0.3) is 0 Å². The highest BCUT2D eigenvalue weighted by Gasteiger charge is 2.32. The number of carbonyl (C=O) groups excluding carboxylic acids is 3. The Morgan fingerprint density at radius 3 is 2.00 bits per heavy atom. The average Bonchev–Trinajstić information content (AvgIpc) is 2.61. The predicted octanol–water partition coefficient (Wildman–Crippen LogP) is -1.63. The van der Waals surface area contributed by atoms with Crippen molar-refractivity contribution in [2.75, 3.05) is 13.2 Å². The number of aliphatic hydroxyl groups excluding tert-OH is 2. The molecular formula is C9H13NO6Si. The molecule has 0 aromatic heterocycles. The lowest BCUT2D eigenvalue weighted by atomic mass is 10.4. The Morgan fingerprint density at radius 2 is 1.71 bits per heavy atom. The summed E-state index contributed by atoms with van der Waals surface area (Å²) >= 11 is 0. The minimum Gasteiger partial charge on any atom is -0.394 e. The summed E-state index contributed by atoms with van der Waals surface area (Å²) in [6, 6.07) is 0. The second-order valence-corrected chi connectivity index (χ2v) is 2.64. The van der Waals surface area contributed by atoms with Gasteiger partial charge in [-0.2, -0.15) is 0 Å². The van der Waals surface area contributed by atoms with Gasteiger partial charge in [0.05, 0.1) is 13.2 Å². The summed E-state index contributed by atoms with van der Waals surface area (Å²) in [5.41, 5.74) is 0. The van der Waals surface area contributed by atoms with Crippen molar-refractivity contribution >= 4 is 28.7 Å². The highest BCUT2D eigenvalue weighted by molar-refractivity contribution is 6.02. The summed E-state index contributed by atoms with van der Waals surface area (Å²) in [4.78, 5) is 36.6. The van der Waals surface area contributed by atoms with Crippen LogP contribution in [0.4, 0.5) is 0 Å². The number of hydrogen-bond acceptors (Lipinski definition) is 6. The maximum absolute atomic E-state index is 10.8. The van der Waals surface area contributed by atoms with Crippen molar-refractivity contribution in [3.05, 3.63) is 12.7 Å². The van der Waals surface area contributed by atoms with E-state index in [1.54, 1.807) is 0 Å². The van der Waals surface area contributed by atoms with Gasteiger partial charge in [-0.1, -0.05) is 6.58 Å². The van der Waals surface area contributed by atoms with E-state index in [9.17, 15) is 14.4 Å². The number of imide groups is 1. The number of rotatable bonds is 3. The molecule has 94 valence electrons. The van der Waals surface area contributed by atoms with E-state index in [4.69, 9.17) is 10.2 Å². The molecule has 1 rings (SSSR count). The van der Waals surface area contributed by atoms with Crippen LogP contribution >= 0.6 is 0 Å². The smallest absolute Gasteiger partial charge is 0.356 e. The van der Waals surface area contributed by atoms with Gasteiger partial charge in [0.15, 0.2) is 0 Å². The van der Waals surface area contributed by atoms with E-state index in [-0.39, 0.29) is 37.0 Å². The quantitative estimate of drug-likeness (QED) is 0.358. The third kappa shape index (κ3) is 6.61. The van der Waals surface area contributed by atoms with Crippen LogP contribution in [0, 0.1) is 0 Å². The van der Waals surface area contributed by atoms with Gasteiger partial charge in [0, 0.05) is 29.9 Å². The first-order valence-corrected chi connectivity index (χ1v) is 4.48. The number of hydroxylamine groups is 2. The molecule has 1 aliphatic rings. The summed E-state index contributed by atoms with van der Waals surface area (Å²) in [7, 11) is 0. The summed E-state index contributed by atoms with van der Waals surface area (Å²) < 4.78 is 0. The first kappa shape index (κ1) is 17.9. The van der Waals surface area contributed by atoms with Crippen LogP contribution in [0.5, 0.6) is 0 Å². The van der Waals surface area contributed by atoms with Crippen LogP contribution in [0.15, 0.2) is 12.7 Å². The van der Waals surface area contributed by atoms with Gasteiger partial charge in [-0.15, -0.1) is 5.06 Å². The molecule has 0 aromatic rings. The highest BCUT2D eigenvalue weighted by atomic mass is 28.1. The van der Waals surface area contributed by atoms with Gasteiger partial charge in [0.2, 0.25) is 0 Å². The van der Waals surface area contributed by atoms with Crippen molar-refractivity contribution in [2.24, 2.45) is 0 Å². The molecule has 1 saturated heterocycles. The topological polar surface area (TPSA) is 104 Å². The van der Waals surface area contributed by atoms with Crippen LogP contribution in [-0.2, 0) is 19.2 Å². The zero-order chi connectivity index (χ0) is 12.6. The zero-order valence-corrected chi connectivity index (χ0v) is 10.1. The molecule has 1 aliphatic heterocycles. The van der Waals surface area contributed by atoms with E-state index in [2.05, 4.69) is 11.4 Å². The highest BCUT2D eigenvalue weighted by Crippen LogP contribution is 2.11. The molecule has 2 N–H and O–H groups in total. The molecule has 8 heteroatoms. The maximum atomic E-state index is 10.8. The van der Waals surface area contributed by atoms with E-state index < -0.39 is 17.8 Å². The van der Waals surface area contributed by atoms with Crippen LogP contribution in [-0.4, -0.2) is 57.2 Å². The molecule has 0 aromatic carbocycles. The fraction of sp³-hybridized carbons (Fsp3) is 0.444. The van der Waals surface area contributed by atoms with Crippen LogP contribution in [0.1, 0.15) is 12.8 Å². The lowest BCUT2D eigenvalue weighted by Gasteiger charge is -2.09. The van der Waals surface area contributed by atoms with E-state index in [0.717, 1.165) is 6.08 Å². The largest absolute Gasteiger partial charge is 0.394 e. The third-order valence-corrected chi connectivity index (χ3v) is 1.45. The number of hydrogen-bond donors (Lipinski definition) is 2. The van der Waals surface area contributed by atoms with Crippen molar-refractivity contribution in [1.29, 1.82) is 0 Å². The maximum Gasteiger partial charge on any atom is 0.356 e. The van der Waals surface area contributed by atoms with Gasteiger partial charge in [-0.25, -0.2) is 4.79 Å². The molecule has 0 spiro atoms. The molecule has 1 fully saturated rings. The minimum atomic E-state index is -0.807. The summed E-state index contributed by atoms with van der Waals surface area (Å²) in [6.45, 7) is 2.88. The lowest BCUT2D eigenvalue weighted by molar-refractivity contribution is -0.193. The Morgan fingerprint density at radius 1 is 1.29 bits per heavy atom. The second kappa shape index (κ2) is 9.69.